The lowest BCUT2D eigenvalue weighted by atomic mass is 10.0. The van der Waals surface area contributed by atoms with Gasteiger partial charge in [-0.25, -0.2) is 0 Å². The number of halogens is 1. The molecule has 1 aromatic rings. The third-order valence-corrected chi connectivity index (χ3v) is 7.37. The molecular formula is C29H49ClN2O4. The van der Waals surface area contributed by atoms with Crippen molar-refractivity contribution in [1.29, 1.82) is 0 Å². The number of unbranched alkanes of at least 4 members (excludes halogenated alkanes) is 11. The average Bonchev–Trinajstić information content (AvgIpc) is 2.85. The van der Waals surface area contributed by atoms with Crippen molar-refractivity contribution in [2.45, 2.75) is 97.4 Å². The first-order valence-corrected chi connectivity index (χ1v) is 13.9. The largest absolute Gasteiger partial charge is 1.00 e. The molecule has 0 amide bonds. The van der Waals surface area contributed by atoms with Gasteiger partial charge in [-0.3, -0.25) is 10.1 Å². The van der Waals surface area contributed by atoms with E-state index in [1.165, 1.54) is 96.1 Å². The summed E-state index contributed by atoms with van der Waals surface area (Å²) in [7, 11) is 1.61. The molecule has 0 aromatic heterocycles. The highest BCUT2D eigenvalue weighted by Crippen LogP contribution is 2.26. The molecule has 0 atom stereocenters. The predicted molar refractivity (Wildman–Crippen MR) is 144 cm³/mol. The van der Waals surface area contributed by atoms with Crippen LogP contribution in [0.3, 0.4) is 0 Å². The van der Waals surface area contributed by atoms with Gasteiger partial charge in [-0.15, -0.1) is 0 Å². The first-order valence-electron chi connectivity index (χ1n) is 13.9. The Morgan fingerprint density at radius 3 is 2.08 bits per heavy atom. The normalized spacial score (nSPS) is 15.4. The number of rotatable bonds is 18. The number of hydrogen-bond acceptors (Lipinski definition) is 4. The van der Waals surface area contributed by atoms with E-state index in [4.69, 9.17) is 9.47 Å². The van der Waals surface area contributed by atoms with E-state index >= 15 is 0 Å². The highest BCUT2D eigenvalue weighted by Gasteiger charge is 2.30. The quantitative estimate of drug-likeness (QED) is 0.124. The topological polar surface area (TPSA) is 61.6 Å². The van der Waals surface area contributed by atoms with Crippen LogP contribution in [0.4, 0.5) is 0 Å². The van der Waals surface area contributed by atoms with Crippen LogP contribution in [0, 0.1) is 10.1 Å². The van der Waals surface area contributed by atoms with Gasteiger partial charge in [-0.1, -0.05) is 71.1 Å². The highest BCUT2D eigenvalue weighted by atomic mass is 35.5. The molecule has 206 valence electrons. The fourth-order valence-electron chi connectivity index (χ4n) is 5.14. The molecule has 0 unspecified atom stereocenters. The first-order chi connectivity index (χ1) is 17.0. The molecule has 0 bridgehead atoms. The summed E-state index contributed by atoms with van der Waals surface area (Å²) in [4.78, 5) is 10.8. The maximum Gasteiger partial charge on any atom is 0.243 e. The molecule has 1 aliphatic heterocycles. The summed E-state index contributed by atoms with van der Waals surface area (Å²) < 4.78 is 12.2. The molecule has 6 nitrogen and oxygen atoms in total. The van der Waals surface area contributed by atoms with Gasteiger partial charge in [0.1, 0.15) is 25.4 Å². The maximum atomic E-state index is 11.1. The van der Waals surface area contributed by atoms with E-state index in [2.05, 4.69) is 19.1 Å². The number of allylic oxidation sites excluding steroid dienone is 1. The second-order valence-corrected chi connectivity index (χ2v) is 10.3. The Morgan fingerprint density at radius 1 is 1.00 bits per heavy atom. The van der Waals surface area contributed by atoms with E-state index in [9.17, 15) is 10.1 Å². The van der Waals surface area contributed by atoms with Crippen molar-refractivity contribution in [2.75, 3.05) is 40.0 Å². The van der Waals surface area contributed by atoms with Crippen LogP contribution in [0.1, 0.15) is 102 Å². The van der Waals surface area contributed by atoms with Gasteiger partial charge < -0.3 is 26.4 Å². The van der Waals surface area contributed by atoms with Gasteiger partial charge in [0.15, 0.2) is 0 Å². The van der Waals surface area contributed by atoms with E-state index in [1.54, 1.807) is 13.2 Å². The highest BCUT2D eigenvalue weighted by molar-refractivity contribution is 5.59. The Balaban J connectivity index is 0.00000648. The molecule has 2 rings (SSSR count). The number of methoxy groups -OCH3 is 1. The van der Waals surface area contributed by atoms with Crippen molar-refractivity contribution >= 4 is 6.08 Å². The monoisotopic (exact) mass is 524 g/mol. The fourth-order valence-corrected chi connectivity index (χ4v) is 5.14. The zero-order chi connectivity index (χ0) is 25.4. The second kappa shape index (κ2) is 18.6. The number of ether oxygens (including phenoxy) is 2. The minimum absolute atomic E-state index is 0. The van der Waals surface area contributed by atoms with Gasteiger partial charge in [0.05, 0.1) is 31.8 Å². The summed E-state index contributed by atoms with van der Waals surface area (Å²) in [6, 6.07) is 6.11. The fraction of sp³-hybridized carbons (Fsp3) is 0.724. The SMILES string of the molecule is CCCCCCCCCCCCCC[N+]1(Cc2ccc(OC)c(/C=C(\C)[N+](=O)[O-])c2)CCOCC1.[Cl-]. The zero-order valence-corrected chi connectivity index (χ0v) is 23.7. The molecule has 0 N–H and O–H groups in total. The van der Waals surface area contributed by atoms with Gasteiger partial charge in [-0.05, 0) is 31.0 Å². The average molecular weight is 525 g/mol. The molecule has 0 radical (unpaired) electrons. The summed E-state index contributed by atoms with van der Waals surface area (Å²) in [6.07, 6.45) is 18.0. The smallest absolute Gasteiger partial charge is 0.243 e. The van der Waals surface area contributed by atoms with E-state index in [0.717, 1.165) is 42.9 Å². The molecule has 1 aliphatic rings. The number of morpholine rings is 1. The zero-order valence-electron chi connectivity index (χ0n) is 22.9. The molecule has 0 spiro atoms. The van der Waals surface area contributed by atoms with E-state index < -0.39 is 0 Å². The Labute approximate surface area is 225 Å². The minimum Gasteiger partial charge on any atom is -1.00 e. The van der Waals surface area contributed by atoms with Gasteiger partial charge >= 0.3 is 0 Å². The van der Waals surface area contributed by atoms with Crippen LogP contribution in [-0.4, -0.2) is 49.4 Å². The third-order valence-electron chi connectivity index (χ3n) is 7.37. The van der Waals surface area contributed by atoms with Crippen molar-refractivity contribution in [3.05, 3.63) is 45.1 Å². The lowest BCUT2D eigenvalue weighted by molar-refractivity contribution is -0.947. The molecular weight excluding hydrogens is 476 g/mol. The van der Waals surface area contributed by atoms with Crippen molar-refractivity contribution in [1.82, 2.24) is 0 Å². The number of nitro groups is 1. The van der Waals surface area contributed by atoms with Crippen LogP contribution in [0.25, 0.3) is 6.08 Å². The van der Waals surface area contributed by atoms with E-state index in [0.29, 0.717) is 5.75 Å². The van der Waals surface area contributed by atoms with Crippen LogP contribution < -0.4 is 17.1 Å². The molecule has 1 aromatic carbocycles. The number of quaternary nitrogens is 1. The van der Waals surface area contributed by atoms with Crippen LogP contribution in [0.15, 0.2) is 23.9 Å². The summed E-state index contributed by atoms with van der Waals surface area (Å²) in [5, 5.41) is 11.1. The molecule has 1 heterocycles. The summed E-state index contributed by atoms with van der Waals surface area (Å²) >= 11 is 0. The molecule has 1 fully saturated rings. The lowest BCUT2D eigenvalue weighted by Gasteiger charge is -2.41. The molecule has 0 aliphatic carbocycles. The Morgan fingerprint density at radius 2 is 1.56 bits per heavy atom. The first kappa shape index (κ1) is 32.4. The van der Waals surface area contributed by atoms with Crippen LogP contribution in [0.2, 0.25) is 0 Å². The molecule has 0 saturated carbocycles. The summed E-state index contributed by atoms with van der Waals surface area (Å²) in [5.74, 6) is 0.671. The lowest BCUT2D eigenvalue weighted by Crippen LogP contribution is -3.00. The van der Waals surface area contributed by atoms with Crippen molar-refractivity contribution < 1.29 is 31.3 Å². The molecule has 7 heteroatoms. The molecule has 1 saturated heterocycles. The van der Waals surface area contributed by atoms with Crippen molar-refractivity contribution in [2.24, 2.45) is 0 Å². The minimum atomic E-state index is -0.351. The van der Waals surface area contributed by atoms with Crippen LogP contribution in [0.5, 0.6) is 5.75 Å². The van der Waals surface area contributed by atoms with Crippen molar-refractivity contribution in [3.63, 3.8) is 0 Å². The Hall–Kier alpha value is -1.63. The van der Waals surface area contributed by atoms with Gasteiger partial charge in [0.25, 0.3) is 0 Å². The second-order valence-electron chi connectivity index (χ2n) is 10.3. The number of nitrogens with zero attached hydrogens (tertiary/aromatic N) is 2. The number of hydrogen-bond donors (Lipinski definition) is 0. The van der Waals surface area contributed by atoms with E-state index in [-0.39, 0.29) is 23.0 Å². The standard InChI is InChI=1S/C29H49N2O4.ClH/c1-4-5-6-7-8-9-10-11-12-13-14-15-18-31(19-21-35-22-20-31)25-27-16-17-29(34-3)28(24-27)23-26(2)30(32)33;/h16-17,23-24H,4-15,18-22,25H2,1-3H3;1H/q+1;/p-1/b26-23+;. The Bertz CT molecular complexity index is 779. The summed E-state index contributed by atoms with van der Waals surface area (Å²) in [6.45, 7) is 9.58. The Kier molecular flexibility index (Phi) is 16.7. The summed E-state index contributed by atoms with van der Waals surface area (Å²) in [5.41, 5.74) is 2.09. The van der Waals surface area contributed by atoms with Crippen LogP contribution >= 0.6 is 0 Å². The van der Waals surface area contributed by atoms with Gasteiger partial charge in [0, 0.05) is 24.1 Å². The predicted octanol–water partition coefficient (Wildman–Crippen LogP) is 4.38. The van der Waals surface area contributed by atoms with E-state index in [1.807, 2.05) is 6.07 Å². The maximum absolute atomic E-state index is 11.1. The van der Waals surface area contributed by atoms with Crippen molar-refractivity contribution in [3.8, 4) is 5.75 Å². The van der Waals surface area contributed by atoms with Gasteiger partial charge in [0.2, 0.25) is 5.70 Å². The third kappa shape index (κ3) is 12.1. The number of benzene rings is 1. The molecule has 36 heavy (non-hydrogen) atoms. The van der Waals surface area contributed by atoms with Gasteiger partial charge in [-0.2, -0.15) is 0 Å². The van der Waals surface area contributed by atoms with Crippen LogP contribution in [-0.2, 0) is 11.3 Å².